The maximum Gasteiger partial charge on any atom is 0.330 e. The molecule has 0 aliphatic carbocycles. The summed E-state index contributed by atoms with van der Waals surface area (Å²) in [5.74, 6) is -0.00968. The van der Waals surface area contributed by atoms with Crippen LogP contribution in [0.15, 0.2) is 54.6 Å². The highest BCUT2D eigenvalue weighted by Gasteiger charge is 2.40. The van der Waals surface area contributed by atoms with Crippen molar-refractivity contribution in [2.24, 2.45) is 0 Å². The van der Waals surface area contributed by atoms with Crippen molar-refractivity contribution in [1.82, 2.24) is 5.32 Å². The van der Waals surface area contributed by atoms with E-state index in [9.17, 15) is 13.2 Å². The fourth-order valence-corrected chi connectivity index (χ4v) is 4.61. The predicted molar refractivity (Wildman–Crippen MR) is 111 cm³/mol. The SMILES string of the molecule is CC(C)NCC(=O)CCN1c2ccccc2N(c2ccccc2)S1(=O)=O.Cl. The summed E-state index contributed by atoms with van der Waals surface area (Å²) in [7, 11) is -3.77. The number of nitrogens with one attached hydrogen (secondary N) is 1. The zero-order valence-electron chi connectivity index (χ0n) is 15.3. The summed E-state index contributed by atoms with van der Waals surface area (Å²) in [6.07, 6.45) is 0.163. The molecule has 8 heteroatoms. The highest BCUT2D eigenvalue weighted by Crippen LogP contribution is 2.44. The number of carbonyl (C=O) groups is 1. The second-order valence-electron chi connectivity index (χ2n) is 6.49. The molecule has 1 aliphatic heterocycles. The van der Waals surface area contributed by atoms with E-state index in [4.69, 9.17) is 0 Å². The summed E-state index contributed by atoms with van der Waals surface area (Å²) in [6.45, 7) is 4.30. The molecule has 146 valence electrons. The van der Waals surface area contributed by atoms with E-state index in [1.165, 1.54) is 8.61 Å². The van der Waals surface area contributed by atoms with Crippen molar-refractivity contribution in [3.05, 3.63) is 54.6 Å². The van der Waals surface area contributed by atoms with Crippen LogP contribution in [-0.2, 0) is 15.0 Å². The van der Waals surface area contributed by atoms with E-state index < -0.39 is 10.2 Å². The number of Topliss-reactive ketones (excluding diaryl/α,β-unsaturated/α-hetero) is 1. The van der Waals surface area contributed by atoms with Gasteiger partial charge in [0.05, 0.1) is 23.6 Å². The van der Waals surface area contributed by atoms with Gasteiger partial charge in [0, 0.05) is 19.0 Å². The average Bonchev–Trinajstić information content (AvgIpc) is 2.84. The maximum absolute atomic E-state index is 13.2. The van der Waals surface area contributed by atoms with Crippen LogP contribution < -0.4 is 13.9 Å². The Morgan fingerprint density at radius 1 is 1.00 bits per heavy atom. The minimum Gasteiger partial charge on any atom is -0.308 e. The molecule has 0 unspecified atom stereocenters. The Morgan fingerprint density at radius 3 is 2.22 bits per heavy atom. The Balaban J connectivity index is 0.00000261. The lowest BCUT2D eigenvalue weighted by atomic mass is 10.2. The fraction of sp³-hybridized carbons (Fsp3) is 0.316. The number of nitrogens with zero attached hydrogens (tertiary/aromatic N) is 2. The minimum absolute atomic E-state index is 0. The number of para-hydroxylation sites is 3. The van der Waals surface area contributed by atoms with E-state index in [1.54, 1.807) is 42.5 Å². The molecule has 2 aromatic rings. The maximum atomic E-state index is 13.2. The van der Waals surface area contributed by atoms with E-state index in [0.717, 1.165) is 0 Å². The molecule has 0 atom stereocenters. The minimum atomic E-state index is -3.77. The molecule has 2 aromatic carbocycles. The van der Waals surface area contributed by atoms with Crippen LogP contribution in [0.1, 0.15) is 20.3 Å². The van der Waals surface area contributed by atoms with Gasteiger partial charge in [0.15, 0.2) is 0 Å². The molecule has 27 heavy (non-hydrogen) atoms. The molecular weight excluding hydrogens is 386 g/mol. The normalized spacial score (nSPS) is 14.8. The standard InChI is InChI=1S/C19H23N3O3S.ClH/c1-15(2)20-14-17(23)12-13-21-18-10-6-7-11-19(18)22(26(21,24)25)16-8-4-3-5-9-16;/h3-11,15,20H,12-14H2,1-2H3;1H. The van der Waals surface area contributed by atoms with Gasteiger partial charge in [-0.05, 0) is 24.3 Å². The summed E-state index contributed by atoms with van der Waals surface area (Å²) in [5, 5.41) is 3.07. The lowest BCUT2D eigenvalue weighted by molar-refractivity contribution is -0.118. The number of benzene rings is 2. The van der Waals surface area contributed by atoms with Gasteiger partial charge in [0.2, 0.25) is 0 Å². The van der Waals surface area contributed by atoms with Gasteiger partial charge in [-0.3, -0.25) is 9.10 Å². The van der Waals surface area contributed by atoms with E-state index in [0.29, 0.717) is 17.1 Å². The van der Waals surface area contributed by atoms with E-state index >= 15 is 0 Å². The van der Waals surface area contributed by atoms with Crippen LogP contribution in [0.4, 0.5) is 17.1 Å². The molecule has 0 saturated carbocycles. The van der Waals surface area contributed by atoms with Crippen LogP contribution in [0.25, 0.3) is 0 Å². The Hall–Kier alpha value is -2.09. The van der Waals surface area contributed by atoms with Crippen LogP contribution in [0.2, 0.25) is 0 Å². The molecule has 3 rings (SSSR count). The molecule has 0 bridgehead atoms. The van der Waals surface area contributed by atoms with E-state index in [-0.39, 0.29) is 43.7 Å². The second-order valence-corrected chi connectivity index (χ2v) is 8.19. The Morgan fingerprint density at radius 2 is 1.59 bits per heavy atom. The molecule has 0 fully saturated rings. The quantitative estimate of drug-likeness (QED) is 0.761. The van der Waals surface area contributed by atoms with E-state index in [1.807, 2.05) is 26.0 Å². The van der Waals surface area contributed by atoms with Crippen LogP contribution in [0, 0.1) is 0 Å². The molecule has 6 nitrogen and oxygen atoms in total. The Labute approximate surface area is 166 Å². The molecule has 1 N–H and O–H groups in total. The van der Waals surface area contributed by atoms with Gasteiger partial charge in [-0.1, -0.05) is 44.2 Å². The summed E-state index contributed by atoms with van der Waals surface area (Å²) in [5.41, 5.74) is 1.78. The lowest BCUT2D eigenvalue weighted by Crippen LogP contribution is -2.37. The smallest absolute Gasteiger partial charge is 0.308 e. The Kier molecular flexibility index (Phi) is 6.86. The highest BCUT2D eigenvalue weighted by atomic mass is 35.5. The first-order valence-electron chi connectivity index (χ1n) is 8.63. The van der Waals surface area contributed by atoms with Crippen LogP contribution in [0.5, 0.6) is 0 Å². The van der Waals surface area contributed by atoms with E-state index in [2.05, 4.69) is 5.32 Å². The van der Waals surface area contributed by atoms with Crippen molar-refractivity contribution in [3.63, 3.8) is 0 Å². The van der Waals surface area contributed by atoms with Gasteiger partial charge in [0.25, 0.3) is 0 Å². The van der Waals surface area contributed by atoms with Crippen molar-refractivity contribution in [1.29, 1.82) is 0 Å². The zero-order chi connectivity index (χ0) is 18.7. The largest absolute Gasteiger partial charge is 0.330 e. The Bertz CT molecular complexity index is 888. The third-order valence-electron chi connectivity index (χ3n) is 4.17. The van der Waals surface area contributed by atoms with Crippen LogP contribution >= 0.6 is 12.4 Å². The van der Waals surface area contributed by atoms with Crippen molar-refractivity contribution in [2.75, 3.05) is 21.7 Å². The molecule has 0 saturated heterocycles. The van der Waals surface area contributed by atoms with Crippen molar-refractivity contribution in [2.45, 2.75) is 26.3 Å². The summed E-state index contributed by atoms with van der Waals surface area (Å²) < 4.78 is 29.0. The molecule has 0 aromatic heterocycles. The number of hydrogen-bond acceptors (Lipinski definition) is 4. The number of rotatable bonds is 7. The number of hydrogen-bond donors (Lipinski definition) is 1. The number of ketones is 1. The second kappa shape index (κ2) is 8.73. The monoisotopic (exact) mass is 409 g/mol. The first kappa shape index (κ1) is 21.2. The first-order valence-corrected chi connectivity index (χ1v) is 10.0. The molecule has 0 radical (unpaired) electrons. The van der Waals surface area contributed by atoms with Gasteiger partial charge >= 0.3 is 10.2 Å². The molecule has 1 aliphatic rings. The highest BCUT2D eigenvalue weighted by molar-refractivity contribution is 7.95. The molecule has 0 amide bonds. The van der Waals surface area contributed by atoms with Crippen LogP contribution in [0.3, 0.4) is 0 Å². The van der Waals surface area contributed by atoms with Gasteiger partial charge in [-0.15, -0.1) is 12.4 Å². The summed E-state index contributed by atoms with van der Waals surface area (Å²) in [6, 6.07) is 16.3. The van der Waals surface area contributed by atoms with Crippen molar-refractivity contribution in [3.8, 4) is 0 Å². The summed E-state index contributed by atoms with van der Waals surface area (Å²) >= 11 is 0. The van der Waals surface area contributed by atoms with Crippen LogP contribution in [-0.4, -0.2) is 33.3 Å². The van der Waals surface area contributed by atoms with Crippen molar-refractivity contribution < 1.29 is 13.2 Å². The third-order valence-corrected chi connectivity index (χ3v) is 5.98. The average molecular weight is 410 g/mol. The van der Waals surface area contributed by atoms with Gasteiger partial charge in [-0.2, -0.15) is 8.42 Å². The fourth-order valence-electron chi connectivity index (χ4n) is 2.90. The number of halogens is 1. The van der Waals surface area contributed by atoms with Crippen molar-refractivity contribution >= 4 is 45.5 Å². The molecular formula is C19H24ClN3O3S. The molecule has 0 spiro atoms. The number of anilines is 3. The number of carbonyl (C=O) groups excluding carboxylic acids is 1. The predicted octanol–water partition coefficient (Wildman–Crippen LogP) is 3.27. The lowest BCUT2D eigenvalue weighted by Gasteiger charge is -2.21. The van der Waals surface area contributed by atoms with Gasteiger partial charge in [-0.25, -0.2) is 4.31 Å². The summed E-state index contributed by atoms with van der Waals surface area (Å²) in [4.78, 5) is 12.1. The van der Waals surface area contributed by atoms with Gasteiger partial charge < -0.3 is 5.32 Å². The van der Waals surface area contributed by atoms with Gasteiger partial charge in [0.1, 0.15) is 5.78 Å². The topological polar surface area (TPSA) is 69.7 Å². The third kappa shape index (κ3) is 4.43. The number of fused-ring (bicyclic) bond motifs is 1. The zero-order valence-corrected chi connectivity index (χ0v) is 17.0. The molecule has 1 heterocycles. The first-order chi connectivity index (χ1) is 12.4.